The van der Waals surface area contributed by atoms with Crippen LogP contribution in [0.5, 0.6) is 0 Å². The molecule has 3 aromatic rings. The van der Waals surface area contributed by atoms with Gasteiger partial charge in [-0.25, -0.2) is 4.39 Å². The zero-order chi connectivity index (χ0) is 16.2. The van der Waals surface area contributed by atoms with Crippen molar-refractivity contribution in [2.45, 2.75) is 13.3 Å². The topological polar surface area (TPSA) is 68.0 Å². The van der Waals surface area contributed by atoms with Gasteiger partial charge in [0.15, 0.2) is 5.82 Å². The molecule has 6 heteroatoms. The van der Waals surface area contributed by atoms with Crippen LogP contribution in [-0.2, 0) is 11.2 Å². The van der Waals surface area contributed by atoms with Crippen molar-refractivity contribution in [1.29, 1.82) is 0 Å². The lowest BCUT2D eigenvalue weighted by atomic mass is 10.1. The van der Waals surface area contributed by atoms with Gasteiger partial charge in [0.05, 0.1) is 12.1 Å². The maximum absolute atomic E-state index is 13.5. The number of para-hydroxylation sites is 1. The van der Waals surface area contributed by atoms with Gasteiger partial charge in [0.2, 0.25) is 5.91 Å². The maximum Gasteiger partial charge on any atom is 0.258 e. The molecule has 0 aliphatic rings. The molecule has 0 atom stereocenters. The molecular weight excluding hydrogens is 297 g/mol. The van der Waals surface area contributed by atoms with Gasteiger partial charge < -0.3 is 9.84 Å². The van der Waals surface area contributed by atoms with Crippen molar-refractivity contribution in [3.05, 3.63) is 65.7 Å². The van der Waals surface area contributed by atoms with Crippen molar-refractivity contribution in [1.82, 2.24) is 10.1 Å². The van der Waals surface area contributed by atoms with E-state index in [0.717, 1.165) is 11.1 Å². The molecule has 0 saturated carbocycles. The van der Waals surface area contributed by atoms with Crippen LogP contribution in [0.3, 0.4) is 0 Å². The van der Waals surface area contributed by atoms with Crippen molar-refractivity contribution in [3.8, 4) is 11.5 Å². The van der Waals surface area contributed by atoms with E-state index in [9.17, 15) is 9.18 Å². The Labute approximate surface area is 132 Å². The predicted octanol–water partition coefficient (Wildman–Crippen LogP) is 3.37. The minimum absolute atomic E-state index is 0.0935. The Morgan fingerprint density at radius 2 is 1.91 bits per heavy atom. The third-order valence-corrected chi connectivity index (χ3v) is 3.31. The Hall–Kier alpha value is -3.02. The van der Waals surface area contributed by atoms with Crippen LogP contribution in [-0.4, -0.2) is 16.0 Å². The Bertz CT molecular complexity index is 845. The normalized spacial score (nSPS) is 10.5. The van der Waals surface area contributed by atoms with E-state index in [1.54, 1.807) is 12.1 Å². The SMILES string of the molecule is Cc1ccccc1-c1nc(CC(=O)Nc2ccccc2F)no1. The summed E-state index contributed by atoms with van der Waals surface area (Å²) in [4.78, 5) is 16.2. The smallest absolute Gasteiger partial charge is 0.258 e. The third kappa shape index (κ3) is 3.42. The number of aryl methyl sites for hydroxylation is 1. The van der Waals surface area contributed by atoms with Crippen LogP contribution in [0.1, 0.15) is 11.4 Å². The summed E-state index contributed by atoms with van der Waals surface area (Å²) in [5.74, 6) is -0.296. The summed E-state index contributed by atoms with van der Waals surface area (Å²) in [6, 6.07) is 13.6. The molecule has 23 heavy (non-hydrogen) atoms. The van der Waals surface area contributed by atoms with Crippen LogP contribution < -0.4 is 5.32 Å². The van der Waals surface area contributed by atoms with Gasteiger partial charge >= 0.3 is 0 Å². The molecule has 3 rings (SSSR count). The number of benzene rings is 2. The molecule has 1 amide bonds. The number of nitrogens with zero attached hydrogens (tertiary/aromatic N) is 2. The van der Waals surface area contributed by atoms with E-state index < -0.39 is 11.7 Å². The number of halogens is 1. The average Bonchev–Trinajstić information content (AvgIpc) is 2.98. The summed E-state index contributed by atoms with van der Waals surface area (Å²) in [7, 11) is 0. The van der Waals surface area contributed by atoms with Crippen molar-refractivity contribution in [2.24, 2.45) is 0 Å². The highest BCUT2D eigenvalue weighted by Gasteiger charge is 2.14. The lowest BCUT2D eigenvalue weighted by Crippen LogP contribution is -2.16. The fourth-order valence-corrected chi connectivity index (χ4v) is 2.15. The zero-order valence-corrected chi connectivity index (χ0v) is 12.4. The van der Waals surface area contributed by atoms with Crippen LogP contribution >= 0.6 is 0 Å². The molecule has 0 fully saturated rings. The second kappa shape index (κ2) is 6.39. The molecule has 1 heterocycles. The van der Waals surface area contributed by atoms with E-state index in [1.807, 2.05) is 31.2 Å². The monoisotopic (exact) mass is 311 g/mol. The average molecular weight is 311 g/mol. The fraction of sp³-hybridized carbons (Fsp3) is 0.118. The standard InChI is InChI=1S/C17H14FN3O2/c1-11-6-2-3-7-12(11)17-20-15(21-23-17)10-16(22)19-14-9-5-4-8-13(14)18/h2-9H,10H2,1H3,(H,19,22). The van der Waals surface area contributed by atoms with Crippen molar-refractivity contribution >= 4 is 11.6 Å². The summed E-state index contributed by atoms with van der Waals surface area (Å²) >= 11 is 0. The molecule has 1 N–H and O–H groups in total. The molecule has 0 spiro atoms. The number of hydrogen-bond donors (Lipinski definition) is 1. The van der Waals surface area contributed by atoms with Gasteiger partial charge in [-0.2, -0.15) is 4.98 Å². The van der Waals surface area contributed by atoms with Gasteiger partial charge in [0.25, 0.3) is 5.89 Å². The second-order valence-electron chi connectivity index (χ2n) is 5.04. The Morgan fingerprint density at radius 1 is 1.17 bits per heavy atom. The number of carbonyl (C=O) groups excluding carboxylic acids is 1. The molecule has 116 valence electrons. The van der Waals surface area contributed by atoms with E-state index in [2.05, 4.69) is 15.5 Å². The summed E-state index contributed by atoms with van der Waals surface area (Å²) in [5.41, 5.74) is 1.94. The Kier molecular flexibility index (Phi) is 4.14. The first kappa shape index (κ1) is 14.9. The predicted molar refractivity (Wildman–Crippen MR) is 83.2 cm³/mol. The Morgan fingerprint density at radius 3 is 2.70 bits per heavy atom. The van der Waals surface area contributed by atoms with Gasteiger partial charge in [0, 0.05) is 5.56 Å². The maximum atomic E-state index is 13.5. The van der Waals surface area contributed by atoms with E-state index in [1.165, 1.54) is 12.1 Å². The van der Waals surface area contributed by atoms with Crippen molar-refractivity contribution in [2.75, 3.05) is 5.32 Å². The van der Waals surface area contributed by atoms with Gasteiger partial charge in [-0.15, -0.1) is 0 Å². The second-order valence-corrected chi connectivity index (χ2v) is 5.04. The highest BCUT2D eigenvalue weighted by Crippen LogP contribution is 2.21. The molecule has 0 bridgehead atoms. The molecule has 2 aromatic carbocycles. The molecule has 0 saturated heterocycles. The number of aromatic nitrogens is 2. The number of carbonyl (C=O) groups is 1. The lowest BCUT2D eigenvalue weighted by Gasteiger charge is -2.03. The van der Waals surface area contributed by atoms with Gasteiger partial charge in [-0.3, -0.25) is 4.79 Å². The summed E-state index contributed by atoms with van der Waals surface area (Å²) < 4.78 is 18.7. The van der Waals surface area contributed by atoms with Crippen LogP contribution in [0.4, 0.5) is 10.1 Å². The molecule has 0 aliphatic heterocycles. The fourth-order valence-electron chi connectivity index (χ4n) is 2.15. The third-order valence-electron chi connectivity index (χ3n) is 3.31. The van der Waals surface area contributed by atoms with E-state index in [0.29, 0.717) is 5.89 Å². The summed E-state index contributed by atoms with van der Waals surface area (Å²) in [5, 5.41) is 6.28. The van der Waals surface area contributed by atoms with E-state index >= 15 is 0 Å². The highest BCUT2D eigenvalue weighted by atomic mass is 19.1. The molecule has 0 aliphatic carbocycles. The summed E-state index contributed by atoms with van der Waals surface area (Å²) in [6.45, 7) is 1.93. The first-order chi connectivity index (χ1) is 11.1. The lowest BCUT2D eigenvalue weighted by molar-refractivity contribution is -0.115. The number of nitrogens with one attached hydrogen (secondary N) is 1. The minimum atomic E-state index is -0.491. The zero-order valence-electron chi connectivity index (χ0n) is 12.4. The molecule has 0 unspecified atom stereocenters. The number of hydrogen-bond acceptors (Lipinski definition) is 4. The van der Waals surface area contributed by atoms with Gasteiger partial charge in [-0.05, 0) is 30.7 Å². The quantitative estimate of drug-likeness (QED) is 0.802. The number of anilines is 1. The first-order valence-electron chi connectivity index (χ1n) is 7.06. The first-order valence-corrected chi connectivity index (χ1v) is 7.06. The Balaban J connectivity index is 1.71. The molecule has 0 radical (unpaired) electrons. The summed E-state index contributed by atoms with van der Waals surface area (Å²) in [6.07, 6.45) is -0.0935. The van der Waals surface area contributed by atoms with Crippen molar-refractivity contribution in [3.63, 3.8) is 0 Å². The molecule has 5 nitrogen and oxygen atoms in total. The van der Waals surface area contributed by atoms with E-state index in [-0.39, 0.29) is 17.9 Å². The largest absolute Gasteiger partial charge is 0.334 e. The van der Waals surface area contributed by atoms with Crippen LogP contribution in [0.25, 0.3) is 11.5 Å². The van der Waals surface area contributed by atoms with Crippen molar-refractivity contribution < 1.29 is 13.7 Å². The van der Waals surface area contributed by atoms with Gasteiger partial charge in [0.1, 0.15) is 5.82 Å². The number of amides is 1. The number of rotatable bonds is 4. The van der Waals surface area contributed by atoms with Crippen LogP contribution in [0.15, 0.2) is 53.1 Å². The molecule has 1 aromatic heterocycles. The van der Waals surface area contributed by atoms with Crippen LogP contribution in [0, 0.1) is 12.7 Å². The van der Waals surface area contributed by atoms with Gasteiger partial charge in [-0.1, -0.05) is 35.5 Å². The molecular formula is C17H14FN3O2. The van der Waals surface area contributed by atoms with E-state index in [4.69, 9.17) is 4.52 Å². The van der Waals surface area contributed by atoms with Crippen LogP contribution in [0.2, 0.25) is 0 Å². The highest BCUT2D eigenvalue weighted by molar-refractivity contribution is 5.91. The minimum Gasteiger partial charge on any atom is -0.334 e.